The lowest BCUT2D eigenvalue weighted by atomic mass is 10.1. The lowest BCUT2D eigenvalue weighted by Crippen LogP contribution is -2.50. The summed E-state index contributed by atoms with van der Waals surface area (Å²) < 4.78 is 84.8. The Bertz CT molecular complexity index is 2430. The normalized spacial score (nSPS) is 17.1. The Labute approximate surface area is 310 Å². The summed E-state index contributed by atoms with van der Waals surface area (Å²) in [4.78, 5) is 47.4. The summed E-state index contributed by atoms with van der Waals surface area (Å²) in [6.45, 7) is 5.65. The second kappa shape index (κ2) is 14.9. The molecule has 3 aromatic heterocycles. The largest absolute Gasteiger partial charge is 0.403 e. The first-order valence-electron chi connectivity index (χ1n) is 17.8. The number of urea groups is 1. The Morgan fingerprint density at radius 3 is 2.09 bits per heavy atom. The molecule has 0 radical (unpaired) electrons. The van der Waals surface area contributed by atoms with Crippen molar-refractivity contribution < 1.29 is 31.2 Å². The summed E-state index contributed by atoms with van der Waals surface area (Å²) >= 11 is 0. The maximum atomic E-state index is 16.1. The Kier molecular flexibility index (Phi) is 10.2. The molecule has 2 aliphatic heterocycles. The van der Waals surface area contributed by atoms with Crippen molar-refractivity contribution in [3.63, 3.8) is 0 Å². The van der Waals surface area contributed by atoms with Gasteiger partial charge in [-0.1, -0.05) is 5.10 Å². The van der Waals surface area contributed by atoms with Gasteiger partial charge >= 0.3 is 12.0 Å². The Morgan fingerprint density at radius 1 is 0.836 bits per heavy atom. The molecule has 0 aliphatic carbocycles. The molecule has 2 fully saturated rings. The van der Waals surface area contributed by atoms with E-state index in [2.05, 4.69) is 25.7 Å². The molecule has 292 valence electrons. The quantitative estimate of drug-likeness (QED) is 0.218. The Balaban J connectivity index is 1.16. The van der Waals surface area contributed by atoms with Gasteiger partial charge in [-0.15, -0.1) is 5.10 Å². The van der Waals surface area contributed by atoms with Gasteiger partial charge in [-0.05, 0) is 40.1 Å². The number of carbonyl (C=O) groups is 1. The zero-order chi connectivity index (χ0) is 39.3. The highest BCUT2D eigenvalue weighted by molar-refractivity contribution is 6.00. The van der Waals surface area contributed by atoms with Gasteiger partial charge in [0.25, 0.3) is 5.89 Å². The SMILES string of the molecule is CCn1cc(NC(=O)Nc2nnc(-c3cn(CCF)c4c(F)c(N5CCN(C)CC5)c(F)cc4c3=O)o2)c(=O)c2cc(F)c(N3CCN(C)C(C)C3)c(F)c21. The van der Waals surface area contributed by atoms with E-state index in [1.807, 2.05) is 25.9 Å². The first-order valence-corrected chi connectivity index (χ1v) is 17.8. The number of pyridine rings is 2. The highest BCUT2D eigenvalue weighted by Crippen LogP contribution is 2.34. The molecule has 2 amide bonds. The number of aromatic nitrogens is 4. The number of hydrogen-bond donors (Lipinski definition) is 2. The molecule has 0 bridgehead atoms. The second-order valence-corrected chi connectivity index (χ2v) is 13.8. The third-order valence-corrected chi connectivity index (χ3v) is 10.3. The molecular formula is C36H39F5N10O4. The summed E-state index contributed by atoms with van der Waals surface area (Å²) in [5.74, 6) is -4.23. The van der Waals surface area contributed by atoms with Gasteiger partial charge in [0, 0.05) is 70.8 Å². The third-order valence-electron chi connectivity index (χ3n) is 10.3. The Morgan fingerprint density at radius 2 is 1.45 bits per heavy atom. The number of fused-ring (bicyclic) bond motifs is 2. The number of rotatable bonds is 8. The van der Waals surface area contributed by atoms with Gasteiger partial charge in [-0.3, -0.25) is 14.9 Å². The molecule has 5 aromatic rings. The molecule has 2 saturated heterocycles. The summed E-state index contributed by atoms with van der Waals surface area (Å²) in [6, 6.07) is 0.314. The van der Waals surface area contributed by atoms with Crippen molar-refractivity contribution in [3.8, 4) is 11.5 Å². The molecule has 2 aromatic carbocycles. The number of halogens is 5. The third kappa shape index (κ3) is 6.86. The van der Waals surface area contributed by atoms with Crippen molar-refractivity contribution >= 4 is 50.9 Å². The van der Waals surface area contributed by atoms with E-state index in [1.54, 1.807) is 16.7 Å². The van der Waals surface area contributed by atoms with Crippen molar-refractivity contribution in [1.82, 2.24) is 29.1 Å². The fraction of sp³-hybridized carbons (Fsp3) is 0.417. The fourth-order valence-electron chi connectivity index (χ4n) is 7.21. The molecule has 14 nitrogen and oxygen atoms in total. The number of nitrogens with one attached hydrogen (secondary N) is 2. The van der Waals surface area contributed by atoms with E-state index >= 15 is 17.6 Å². The van der Waals surface area contributed by atoms with E-state index in [9.17, 15) is 18.8 Å². The number of likely N-dealkylation sites (N-methyl/N-ethyl adjacent to an activating group) is 2. The zero-order valence-corrected chi connectivity index (χ0v) is 30.6. The number of alkyl halides is 1. The minimum Gasteiger partial charge on any atom is -0.403 e. The smallest absolute Gasteiger partial charge is 0.327 e. The molecule has 0 spiro atoms. The molecule has 55 heavy (non-hydrogen) atoms. The topological polar surface area (TPSA) is 137 Å². The van der Waals surface area contributed by atoms with Gasteiger partial charge in [0.05, 0.1) is 28.4 Å². The number of amides is 2. The van der Waals surface area contributed by atoms with Crippen LogP contribution in [0.25, 0.3) is 33.3 Å². The standard InChI is InChI=1S/C36H39F5N10O4/c1-5-48-18-25(33(53)21-15-24(39)31(26(40)28(21)48)51-13-10-47(4)19(2)16-51)42-35(54)43-36-45-44-34(55-36)22-17-50(7-6-37)29-20(32(22)52)14-23(38)30(27(29)41)49-11-8-46(3)9-12-49/h14-15,17-19H,5-13,16H2,1-4H3,(H2,42,43,45,54). The molecule has 1 atom stereocenters. The second-order valence-electron chi connectivity index (χ2n) is 13.8. The first-order chi connectivity index (χ1) is 26.3. The van der Waals surface area contributed by atoms with E-state index in [0.717, 1.165) is 22.9 Å². The summed E-state index contributed by atoms with van der Waals surface area (Å²) in [5, 5.41) is 11.4. The summed E-state index contributed by atoms with van der Waals surface area (Å²) in [6.07, 6.45) is 2.35. The van der Waals surface area contributed by atoms with Crippen LogP contribution in [0.3, 0.4) is 0 Å². The van der Waals surface area contributed by atoms with Crippen molar-refractivity contribution in [2.75, 3.05) is 87.0 Å². The zero-order valence-electron chi connectivity index (χ0n) is 30.6. The highest BCUT2D eigenvalue weighted by Gasteiger charge is 2.30. The number of nitrogens with zero attached hydrogens (tertiary/aromatic N) is 8. The number of hydrogen-bond acceptors (Lipinski definition) is 10. The summed E-state index contributed by atoms with van der Waals surface area (Å²) in [7, 11) is 3.82. The van der Waals surface area contributed by atoms with E-state index < -0.39 is 58.7 Å². The predicted molar refractivity (Wildman–Crippen MR) is 198 cm³/mol. The average molecular weight is 771 g/mol. The van der Waals surface area contributed by atoms with Gasteiger partial charge in [-0.25, -0.2) is 26.7 Å². The minimum atomic E-state index is -1.05. The molecule has 7 rings (SSSR count). The van der Waals surface area contributed by atoms with Crippen LogP contribution in [0.15, 0.2) is 38.5 Å². The van der Waals surface area contributed by atoms with Crippen LogP contribution in [0.4, 0.5) is 49.8 Å². The lowest BCUT2D eigenvalue weighted by Gasteiger charge is -2.39. The lowest BCUT2D eigenvalue weighted by molar-refractivity contribution is 0.232. The molecular weight excluding hydrogens is 731 g/mol. The van der Waals surface area contributed by atoms with Crippen LogP contribution in [-0.2, 0) is 13.1 Å². The van der Waals surface area contributed by atoms with Gasteiger partial charge in [0.1, 0.15) is 40.9 Å². The number of benzene rings is 2. The first kappa shape index (κ1) is 37.7. The van der Waals surface area contributed by atoms with Crippen LogP contribution in [0, 0.1) is 23.3 Å². The van der Waals surface area contributed by atoms with E-state index in [1.165, 1.54) is 10.8 Å². The average Bonchev–Trinajstić information content (AvgIpc) is 3.60. The maximum absolute atomic E-state index is 16.1. The molecule has 19 heteroatoms. The van der Waals surface area contributed by atoms with Crippen LogP contribution in [0.5, 0.6) is 0 Å². The van der Waals surface area contributed by atoms with Crippen molar-refractivity contribution in [3.05, 3.63) is 68.2 Å². The van der Waals surface area contributed by atoms with Gasteiger partial charge in [-0.2, -0.15) is 0 Å². The van der Waals surface area contributed by atoms with E-state index in [0.29, 0.717) is 45.8 Å². The minimum absolute atomic E-state index is 0.0410. The van der Waals surface area contributed by atoms with E-state index in [4.69, 9.17) is 4.42 Å². The Hall–Kier alpha value is -5.56. The van der Waals surface area contributed by atoms with Crippen LogP contribution < -0.4 is 31.3 Å². The van der Waals surface area contributed by atoms with Crippen molar-refractivity contribution in [2.24, 2.45) is 0 Å². The van der Waals surface area contributed by atoms with Gasteiger partial charge < -0.3 is 38.5 Å². The van der Waals surface area contributed by atoms with Crippen LogP contribution in [0.1, 0.15) is 13.8 Å². The summed E-state index contributed by atoms with van der Waals surface area (Å²) in [5.41, 5.74) is -3.31. The van der Waals surface area contributed by atoms with Crippen molar-refractivity contribution in [2.45, 2.75) is 33.0 Å². The molecule has 2 N–H and O–H groups in total. The van der Waals surface area contributed by atoms with Crippen LogP contribution in [0.2, 0.25) is 0 Å². The maximum Gasteiger partial charge on any atom is 0.327 e. The highest BCUT2D eigenvalue weighted by atomic mass is 19.1. The predicted octanol–water partition coefficient (Wildman–Crippen LogP) is 4.45. The van der Waals surface area contributed by atoms with Gasteiger partial charge in [0.15, 0.2) is 11.6 Å². The van der Waals surface area contributed by atoms with Gasteiger partial charge in [0.2, 0.25) is 10.9 Å². The number of piperazine rings is 2. The number of anilines is 4. The van der Waals surface area contributed by atoms with E-state index in [-0.39, 0.29) is 63.6 Å². The molecule has 2 aliphatic rings. The molecule has 1 unspecified atom stereocenters. The molecule has 5 heterocycles. The van der Waals surface area contributed by atoms with Crippen LogP contribution in [-0.4, -0.2) is 108 Å². The number of aryl methyl sites for hydroxylation is 2. The van der Waals surface area contributed by atoms with Crippen molar-refractivity contribution in [1.29, 1.82) is 0 Å². The number of carbonyl (C=O) groups excluding carboxylic acids is 1. The molecule has 0 saturated carbocycles. The fourth-order valence-corrected chi connectivity index (χ4v) is 7.21. The van der Waals surface area contributed by atoms with Crippen LogP contribution >= 0.6 is 0 Å². The monoisotopic (exact) mass is 770 g/mol.